The predicted molar refractivity (Wildman–Crippen MR) is 110 cm³/mol. The van der Waals surface area contributed by atoms with Crippen LogP contribution in [0.4, 0.5) is 0 Å². The molecule has 1 saturated heterocycles. The Morgan fingerprint density at radius 1 is 1.10 bits per heavy atom. The van der Waals surface area contributed by atoms with Gasteiger partial charge in [0.05, 0.1) is 13.2 Å². The lowest BCUT2D eigenvalue weighted by Gasteiger charge is -2.47. The Morgan fingerprint density at radius 2 is 1.74 bits per heavy atom. The molecule has 2 aromatic rings. The molecule has 1 aliphatic heterocycles. The van der Waals surface area contributed by atoms with E-state index in [4.69, 9.17) is 9.47 Å². The normalized spacial score (nSPS) is 29.4. The Hall–Kier alpha value is -2.40. The smallest absolute Gasteiger partial charge is 0.222 e. The number of aliphatic hydroxyl groups excluding tert-OH is 4. The molecule has 1 aliphatic rings. The maximum Gasteiger partial charge on any atom is 0.222 e. The first-order valence-electron chi connectivity index (χ1n) is 9.88. The second-order valence-electron chi connectivity index (χ2n) is 7.75. The molecule has 0 aromatic heterocycles. The Balaban J connectivity index is 2.07. The first-order valence-corrected chi connectivity index (χ1v) is 9.88. The fraction of sp³-hybridized carbons (Fsp3) is 0.455. The fourth-order valence-corrected chi connectivity index (χ4v) is 3.81. The molecule has 0 radical (unpaired) electrons. The summed E-state index contributed by atoms with van der Waals surface area (Å²) < 4.78 is 10.7. The van der Waals surface area contributed by atoms with Crippen LogP contribution in [-0.4, -0.2) is 63.2 Å². The van der Waals surface area contributed by atoms with Gasteiger partial charge in [-0.25, -0.2) is 0 Å². The van der Waals surface area contributed by atoms with Gasteiger partial charge in [-0.2, -0.15) is 4.91 Å². The minimum absolute atomic E-state index is 0.105. The first kappa shape index (κ1) is 23.3. The quantitative estimate of drug-likeness (QED) is 0.398. The minimum atomic E-state index is -2.44. The molecular weight excluding hydrogens is 406 g/mol. The number of ether oxygens (including phenoxy) is 2. The minimum Gasteiger partial charge on any atom is -0.497 e. The van der Waals surface area contributed by atoms with E-state index < -0.39 is 36.3 Å². The topological polar surface area (TPSA) is 149 Å². The Bertz CT molecular complexity index is 903. The van der Waals surface area contributed by atoms with Crippen molar-refractivity contribution in [2.24, 2.45) is 5.18 Å². The van der Waals surface area contributed by atoms with Crippen LogP contribution in [0, 0.1) is 4.91 Å². The van der Waals surface area contributed by atoms with Crippen molar-refractivity contribution < 1.29 is 35.0 Å². The molecule has 9 heteroatoms. The maximum atomic E-state index is 11.4. The summed E-state index contributed by atoms with van der Waals surface area (Å²) in [6, 6.07) is 12.0. The second-order valence-corrected chi connectivity index (χ2v) is 7.75. The lowest BCUT2D eigenvalue weighted by Crippen LogP contribution is -2.65. The molecule has 168 valence electrons. The van der Waals surface area contributed by atoms with Crippen molar-refractivity contribution in [3.05, 3.63) is 69.6 Å². The monoisotopic (exact) mass is 433 g/mol. The van der Waals surface area contributed by atoms with Gasteiger partial charge in [-0.05, 0) is 48.2 Å². The number of hydrogen-bond donors (Lipinski definition) is 5. The number of nitroso groups, excluding NO2 is 1. The largest absolute Gasteiger partial charge is 0.497 e. The van der Waals surface area contributed by atoms with Gasteiger partial charge in [0.15, 0.2) is 0 Å². The zero-order valence-electron chi connectivity index (χ0n) is 17.3. The molecule has 1 fully saturated rings. The van der Waals surface area contributed by atoms with Gasteiger partial charge in [-0.15, -0.1) is 0 Å². The summed E-state index contributed by atoms with van der Waals surface area (Å²) in [6.07, 6.45) is -7.57. The highest BCUT2D eigenvalue weighted by molar-refractivity contribution is 5.41. The van der Waals surface area contributed by atoms with Crippen molar-refractivity contribution in [1.29, 1.82) is 0 Å². The van der Waals surface area contributed by atoms with E-state index in [1.165, 1.54) is 13.0 Å². The number of hydrogen-bond acceptors (Lipinski definition) is 9. The van der Waals surface area contributed by atoms with Crippen LogP contribution in [0.25, 0.3) is 0 Å². The van der Waals surface area contributed by atoms with Gasteiger partial charge in [-0.3, -0.25) is 0 Å². The van der Waals surface area contributed by atoms with Gasteiger partial charge in [0.1, 0.15) is 36.7 Å². The predicted octanol–water partition coefficient (Wildman–Crippen LogP) is 0.560. The summed E-state index contributed by atoms with van der Waals surface area (Å²) in [6.45, 7) is 1.16. The number of benzene rings is 2. The summed E-state index contributed by atoms with van der Waals surface area (Å²) in [5.74, 6) is -1.76. The summed E-state index contributed by atoms with van der Waals surface area (Å²) in [7, 11) is 1.56. The Morgan fingerprint density at radius 3 is 2.32 bits per heavy atom. The molecule has 0 spiro atoms. The molecule has 5 N–H and O–H groups in total. The number of aliphatic hydroxyl groups is 5. The average molecular weight is 433 g/mol. The molecule has 6 atom stereocenters. The summed E-state index contributed by atoms with van der Waals surface area (Å²) >= 11 is 0. The number of rotatable bonds is 7. The highest BCUT2D eigenvalue weighted by Gasteiger charge is 2.55. The molecule has 3 rings (SSSR count). The molecule has 0 aliphatic carbocycles. The van der Waals surface area contributed by atoms with Crippen LogP contribution >= 0.6 is 0 Å². The van der Waals surface area contributed by atoms with Gasteiger partial charge in [0.2, 0.25) is 5.79 Å². The molecule has 0 saturated carbocycles. The molecule has 2 aromatic carbocycles. The van der Waals surface area contributed by atoms with E-state index in [2.05, 4.69) is 5.18 Å². The second kappa shape index (κ2) is 9.39. The molecular formula is C22H27NO8. The third-order valence-electron chi connectivity index (χ3n) is 5.56. The first-order chi connectivity index (χ1) is 14.7. The van der Waals surface area contributed by atoms with E-state index in [9.17, 15) is 30.4 Å². The van der Waals surface area contributed by atoms with Crippen molar-refractivity contribution in [2.45, 2.75) is 56.2 Å². The van der Waals surface area contributed by atoms with Gasteiger partial charge >= 0.3 is 0 Å². The fourth-order valence-electron chi connectivity index (χ4n) is 3.81. The van der Waals surface area contributed by atoms with Crippen LogP contribution < -0.4 is 4.74 Å². The highest BCUT2D eigenvalue weighted by Crippen LogP contribution is 2.40. The average Bonchev–Trinajstić information content (AvgIpc) is 2.76. The van der Waals surface area contributed by atoms with E-state index in [-0.39, 0.29) is 12.1 Å². The van der Waals surface area contributed by atoms with Gasteiger partial charge in [0.25, 0.3) is 0 Å². The van der Waals surface area contributed by atoms with Gasteiger partial charge in [-0.1, -0.05) is 29.4 Å². The SMILES string of the molecule is COc1ccc(Cc2ccc(CN=O)cc2[C@@]2(O)O[C@H]([C@H](C)O)[C@@H](O)[C@H](O)[C@H]2O)cc1. The van der Waals surface area contributed by atoms with E-state index in [1.807, 2.05) is 12.1 Å². The molecule has 0 bridgehead atoms. The third-order valence-corrected chi connectivity index (χ3v) is 5.56. The molecule has 9 nitrogen and oxygen atoms in total. The molecule has 0 amide bonds. The van der Waals surface area contributed by atoms with E-state index in [1.54, 1.807) is 31.4 Å². The van der Waals surface area contributed by atoms with Crippen molar-refractivity contribution >= 4 is 0 Å². The maximum absolute atomic E-state index is 11.4. The van der Waals surface area contributed by atoms with Crippen molar-refractivity contribution in [1.82, 2.24) is 0 Å². The number of methoxy groups -OCH3 is 1. The zero-order valence-corrected chi connectivity index (χ0v) is 17.3. The van der Waals surface area contributed by atoms with E-state index in [0.717, 1.165) is 5.56 Å². The zero-order chi connectivity index (χ0) is 22.8. The van der Waals surface area contributed by atoms with Gasteiger partial charge in [0, 0.05) is 5.56 Å². The van der Waals surface area contributed by atoms with Crippen LogP contribution in [0.2, 0.25) is 0 Å². The lowest BCUT2D eigenvalue weighted by atomic mass is 9.83. The van der Waals surface area contributed by atoms with Crippen LogP contribution in [0.5, 0.6) is 5.75 Å². The summed E-state index contributed by atoms with van der Waals surface area (Å²) in [5, 5.41) is 55.3. The van der Waals surface area contributed by atoms with Crippen LogP contribution in [0.15, 0.2) is 47.6 Å². The number of nitrogens with zero attached hydrogens (tertiary/aromatic N) is 1. The van der Waals surface area contributed by atoms with E-state index >= 15 is 0 Å². The highest BCUT2D eigenvalue weighted by atomic mass is 16.7. The van der Waals surface area contributed by atoms with Crippen LogP contribution in [0.1, 0.15) is 29.2 Å². The van der Waals surface area contributed by atoms with Crippen molar-refractivity contribution in [3.8, 4) is 5.75 Å². The van der Waals surface area contributed by atoms with Crippen LogP contribution in [-0.2, 0) is 23.5 Å². The summed E-state index contributed by atoms with van der Waals surface area (Å²) in [5.41, 5.74) is 1.98. The van der Waals surface area contributed by atoms with Crippen LogP contribution in [0.3, 0.4) is 0 Å². The molecule has 0 unspecified atom stereocenters. The van der Waals surface area contributed by atoms with E-state index in [0.29, 0.717) is 23.3 Å². The lowest BCUT2D eigenvalue weighted by molar-refractivity contribution is -0.364. The third kappa shape index (κ3) is 4.62. The van der Waals surface area contributed by atoms with Gasteiger partial charge < -0.3 is 35.0 Å². The summed E-state index contributed by atoms with van der Waals surface area (Å²) in [4.78, 5) is 10.8. The Kier molecular flexibility index (Phi) is 7.05. The standard InChI is InChI=1S/C22H27NO8/c1-12(24)20-18(25)19(26)21(27)22(28,31-20)17-10-14(11-23-29)3-6-15(17)9-13-4-7-16(30-2)8-5-13/h3-8,10,12,18-21,24-28H,9,11H2,1-2H3/t12-,18-,19-,20+,21+,22+/m0/s1. The molecule has 1 heterocycles. The molecule has 31 heavy (non-hydrogen) atoms. The van der Waals surface area contributed by atoms with Crippen molar-refractivity contribution in [3.63, 3.8) is 0 Å². The van der Waals surface area contributed by atoms with Crippen molar-refractivity contribution in [2.75, 3.05) is 7.11 Å². The Labute approximate surface area is 179 Å².